The molecule has 1 unspecified atom stereocenters. The molecular formula is C11H12N2O2S. The van der Waals surface area contributed by atoms with Crippen molar-refractivity contribution in [3.8, 4) is 0 Å². The Balaban J connectivity index is 2.24. The molecule has 16 heavy (non-hydrogen) atoms. The van der Waals surface area contributed by atoms with Gasteiger partial charge in [-0.15, -0.1) is 0 Å². The minimum Gasteiger partial charge on any atom is -0.467 e. The molecule has 0 spiro atoms. The number of fused-ring (bicyclic) bond motifs is 1. The van der Waals surface area contributed by atoms with Crippen LogP contribution in [-0.4, -0.2) is 23.5 Å². The van der Waals surface area contributed by atoms with Crippen molar-refractivity contribution >= 4 is 33.4 Å². The summed E-state index contributed by atoms with van der Waals surface area (Å²) in [4.78, 5) is 11.3. The molecule has 0 saturated carbocycles. The maximum absolute atomic E-state index is 11.3. The summed E-state index contributed by atoms with van der Waals surface area (Å²) in [6.45, 7) is 1.76. The number of nitrogens with one attached hydrogen (secondary N) is 1. The highest BCUT2D eigenvalue weighted by Crippen LogP contribution is 2.27. The van der Waals surface area contributed by atoms with Crippen molar-refractivity contribution in [1.82, 2.24) is 4.37 Å². The van der Waals surface area contributed by atoms with Crippen LogP contribution in [0.4, 0.5) is 5.00 Å². The van der Waals surface area contributed by atoms with E-state index in [1.54, 1.807) is 6.92 Å². The molecule has 2 rings (SSSR count). The largest absolute Gasteiger partial charge is 0.467 e. The van der Waals surface area contributed by atoms with Gasteiger partial charge in [0.2, 0.25) is 0 Å². The fourth-order valence-corrected chi connectivity index (χ4v) is 2.27. The van der Waals surface area contributed by atoms with Gasteiger partial charge in [0.15, 0.2) is 0 Å². The number of carbonyl (C=O) groups excluding carboxylic acids is 1. The molecule has 0 aliphatic rings. The highest BCUT2D eigenvalue weighted by atomic mass is 32.1. The van der Waals surface area contributed by atoms with E-state index in [9.17, 15) is 4.79 Å². The fraction of sp³-hybridized carbons (Fsp3) is 0.273. The SMILES string of the molecule is COC(=O)C(C)Nc1snc2ccccc12. The quantitative estimate of drug-likeness (QED) is 0.831. The molecule has 0 aliphatic heterocycles. The van der Waals surface area contributed by atoms with Gasteiger partial charge in [0.25, 0.3) is 0 Å². The van der Waals surface area contributed by atoms with Crippen molar-refractivity contribution in [2.24, 2.45) is 0 Å². The summed E-state index contributed by atoms with van der Waals surface area (Å²) in [5.74, 6) is -0.280. The van der Waals surface area contributed by atoms with E-state index in [1.165, 1.54) is 18.6 Å². The van der Waals surface area contributed by atoms with E-state index in [0.717, 1.165) is 15.9 Å². The van der Waals surface area contributed by atoms with Crippen LogP contribution >= 0.6 is 11.5 Å². The number of nitrogens with zero attached hydrogens (tertiary/aromatic N) is 1. The first-order valence-electron chi connectivity index (χ1n) is 4.91. The summed E-state index contributed by atoms with van der Waals surface area (Å²) < 4.78 is 8.94. The zero-order valence-electron chi connectivity index (χ0n) is 9.06. The van der Waals surface area contributed by atoms with Crippen LogP contribution in [0.3, 0.4) is 0 Å². The maximum Gasteiger partial charge on any atom is 0.328 e. The molecule has 1 heterocycles. The number of rotatable bonds is 3. The minimum atomic E-state index is -0.367. The first-order valence-corrected chi connectivity index (χ1v) is 5.68. The Kier molecular flexibility index (Phi) is 3.05. The van der Waals surface area contributed by atoms with Gasteiger partial charge in [0.05, 0.1) is 12.6 Å². The summed E-state index contributed by atoms with van der Waals surface area (Å²) in [5, 5.41) is 5.02. The molecule has 84 valence electrons. The average molecular weight is 236 g/mol. The number of carbonyl (C=O) groups is 1. The topological polar surface area (TPSA) is 51.2 Å². The lowest BCUT2D eigenvalue weighted by molar-refractivity contribution is -0.141. The number of ether oxygens (including phenoxy) is 1. The number of hydrogen-bond acceptors (Lipinski definition) is 5. The van der Waals surface area contributed by atoms with Crippen LogP contribution in [0, 0.1) is 0 Å². The maximum atomic E-state index is 11.3. The van der Waals surface area contributed by atoms with Crippen molar-refractivity contribution in [3.05, 3.63) is 24.3 Å². The van der Waals surface area contributed by atoms with E-state index in [2.05, 4.69) is 14.4 Å². The van der Waals surface area contributed by atoms with Gasteiger partial charge >= 0.3 is 5.97 Å². The third-order valence-electron chi connectivity index (χ3n) is 2.29. The van der Waals surface area contributed by atoms with Crippen molar-refractivity contribution in [3.63, 3.8) is 0 Å². The molecule has 4 nitrogen and oxygen atoms in total. The van der Waals surface area contributed by atoms with E-state index in [4.69, 9.17) is 0 Å². The smallest absolute Gasteiger partial charge is 0.328 e. The molecule has 0 fully saturated rings. The van der Waals surface area contributed by atoms with Crippen LogP contribution in [0.1, 0.15) is 6.92 Å². The zero-order chi connectivity index (χ0) is 11.5. The van der Waals surface area contributed by atoms with Crippen LogP contribution in [0.5, 0.6) is 0 Å². The Morgan fingerprint density at radius 2 is 2.25 bits per heavy atom. The Bertz CT molecular complexity index is 509. The van der Waals surface area contributed by atoms with Gasteiger partial charge in [-0.05, 0) is 30.6 Å². The summed E-state index contributed by atoms with van der Waals surface area (Å²) in [5.41, 5.74) is 0.937. The van der Waals surface area contributed by atoms with Crippen molar-refractivity contribution < 1.29 is 9.53 Å². The third kappa shape index (κ3) is 1.99. The lowest BCUT2D eigenvalue weighted by Crippen LogP contribution is -2.26. The van der Waals surface area contributed by atoms with Crippen LogP contribution < -0.4 is 5.32 Å². The molecule has 0 radical (unpaired) electrons. The van der Waals surface area contributed by atoms with E-state index in [1.807, 2.05) is 24.3 Å². The van der Waals surface area contributed by atoms with Gasteiger partial charge in [-0.1, -0.05) is 12.1 Å². The molecule has 0 saturated heterocycles. The number of methoxy groups -OCH3 is 1. The summed E-state index contributed by atoms with van der Waals surface area (Å²) in [7, 11) is 1.38. The zero-order valence-corrected chi connectivity index (χ0v) is 9.88. The molecule has 5 heteroatoms. The molecule has 1 aromatic carbocycles. The molecule has 0 aliphatic carbocycles. The van der Waals surface area contributed by atoms with E-state index < -0.39 is 0 Å². The Morgan fingerprint density at radius 1 is 1.50 bits per heavy atom. The highest BCUT2D eigenvalue weighted by molar-refractivity contribution is 7.11. The second-order valence-corrected chi connectivity index (χ2v) is 4.19. The summed E-state index contributed by atoms with van der Waals surface area (Å²) in [6, 6.07) is 7.44. The molecule has 1 atom stereocenters. The van der Waals surface area contributed by atoms with Gasteiger partial charge in [0.1, 0.15) is 11.0 Å². The van der Waals surface area contributed by atoms with Crippen molar-refractivity contribution in [2.45, 2.75) is 13.0 Å². The molecule has 0 amide bonds. The Labute approximate surface area is 97.4 Å². The monoisotopic (exact) mass is 236 g/mol. The van der Waals surface area contributed by atoms with Gasteiger partial charge in [0, 0.05) is 5.39 Å². The number of aromatic nitrogens is 1. The molecule has 2 aromatic rings. The van der Waals surface area contributed by atoms with E-state index >= 15 is 0 Å². The molecule has 1 N–H and O–H groups in total. The standard InChI is InChI=1S/C11H12N2O2S/c1-7(11(14)15-2)12-10-8-5-3-4-6-9(8)13-16-10/h3-7,12H,1-2H3. The summed E-state index contributed by atoms with van der Waals surface area (Å²) >= 11 is 1.35. The normalized spacial score (nSPS) is 12.4. The lowest BCUT2D eigenvalue weighted by atomic mass is 10.2. The van der Waals surface area contributed by atoms with E-state index in [0.29, 0.717) is 0 Å². The van der Waals surface area contributed by atoms with Crippen LogP contribution in [0.2, 0.25) is 0 Å². The first-order chi connectivity index (χ1) is 7.72. The summed E-state index contributed by atoms with van der Waals surface area (Å²) in [6.07, 6.45) is 0. The minimum absolute atomic E-state index is 0.280. The molecule has 0 bridgehead atoms. The van der Waals surface area contributed by atoms with Gasteiger partial charge in [-0.2, -0.15) is 4.37 Å². The number of hydrogen-bond donors (Lipinski definition) is 1. The first kappa shape index (κ1) is 10.9. The number of benzene rings is 1. The van der Waals surface area contributed by atoms with Crippen LogP contribution in [-0.2, 0) is 9.53 Å². The lowest BCUT2D eigenvalue weighted by Gasteiger charge is -2.10. The fourth-order valence-electron chi connectivity index (χ4n) is 1.43. The van der Waals surface area contributed by atoms with Gasteiger partial charge < -0.3 is 10.1 Å². The van der Waals surface area contributed by atoms with Crippen molar-refractivity contribution in [2.75, 3.05) is 12.4 Å². The Morgan fingerprint density at radius 3 is 3.00 bits per heavy atom. The number of anilines is 1. The number of esters is 1. The second kappa shape index (κ2) is 4.49. The predicted octanol–water partition coefficient (Wildman–Crippen LogP) is 2.27. The second-order valence-electron chi connectivity index (χ2n) is 3.42. The third-order valence-corrected chi connectivity index (χ3v) is 3.09. The van der Waals surface area contributed by atoms with Crippen LogP contribution in [0.25, 0.3) is 10.9 Å². The van der Waals surface area contributed by atoms with Crippen LogP contribution in [0.15, 0.2) is 24.3 Å². The highest BCUT2D eigenvalue weighted by Gasteiger charge is 2.15. The predicted molar refractivity (Wildman–Crippen MR) is 64.7 cm³/mol. The van der Waals surface area contributed by atoms with Gasteiger partial charge in [-0.25, -0.2) is 4.79 Å². The molecule has 1 aromatic heterocycles. The average Bonchev–Trinajstić information content (AvgIpc) is 2.72. The van der Waals surface area contributed by atoms with Crippen molar-refractivity contribution in [1.29, 1.82) is 0 Å². The van der Waals surface area contributed by atoms with E-state index in [-0.39, 0.29) is 12.0 Å². The Hall–Kier alpha value is -1.62. The van der Waals surface area contributed by atoms with Gasteiger partial charge in [-0.3, -0.25) is 0 Å². The molecular weight excluding hydrogens is 224 g/mol.